The van der Waals surface area contributed by atoms with Crippen LogP contribution in [-0.2, 0) is 16.0 Å². The fourth-order valence-electron chi connectivity index (χ4n) is 2.56. The number of hydrogen-bond acceptors (Lipinski definition) is 4. The molecule has 0 bridgehead atoms. The molecule has 1 aliphatic rings. The summed E-state index contributed by atoms with van der Waals surface area (Å²) in [5, 5.41) is 2.96. The third-order valence-electron chi connectivity index (χ3n) is 3.70. The first-order valence-electron chi connectivity index (χ1n) is 7.17. The van der Waals surface area contributed by atoms with Gasteiger partial charge in [0, 0.05) is 11.9 Å². The van der Waals surface area contributed by atoms with E-state index in [2.05, 4.69) is 4.98 Å². The Bertz CT molecular complexity index is 656. The van der Waals surface area contributed by atoms with Crippen molar-refractivity contribution in [2.24, 2.45) is 0 Å². The maximum atomic E-state index is 12.9. The quantitative estimate of drug-likeness (QED) is 0.873. The number of amides is 1. The van der Waals surface area contributed by atoms with Gasteiger partial charge in [-0.2, -0.15) is 0 Å². The molecule has 0 spiro atoms. The van der Waals surface area contributed by atoms with Crippen LogP contribution in [0, 0.1) is 12.7 Å². The predicted octanol–water partition coefficient (Wildman–Crippen LogP) is 2.73. The number of carbonyl (C=O) groups is 1. The van der Waals surface area contributed by atoms with Gasteiger partial charge >= 0.3 is 0 Å². The maximum absolute atomic E-state index is 12.9. The van der Waals surface area contributed by atoms with E-state index in [1.165, 1.54) is 12.1 Å². The Balaban J connectivity index is 1.75. The van der Waals surface area contributed by atoms with Gasteiger partial charge in [-0.1, -0.05) is 12.1 Å². The molecule has 6 heteroatoms. The minimum atomic E-state index is -0.293. The molecule has 1 atom stereocenters. The Morgan fingerprint density at radius 1 is 1.45 bits per heavy atom. The van der Waals surface area contributed by atoms with Crippen LogP contribution in [0.1, 0.15) is 22.3 Å². The second-order valence-electron chi connectivity index (χ2n) is 5.27. The van der Waals surface area contributed by atoms with Crippen molar-refractivity contribution in [2.75, 3.05) is 19.8 Å². The Kier molecular flexibility index (Phi) is 4.49. The summed E-state index contributed by atoms with van der Waals surface area (Å²) in [6, 6.07) is 5.92. The molecule has 0 N–H and O–H groups in total. The number of hydrogen-bond donors (Lipinski definition) is 0. The van der Waals surface area contributed by atoms with E-state index < -0.39 is 0 Å². The Morgan fingerprint density at radius 3 is 2.91 bits per heavy atom. The van der Waals surface area contributed by atoms with Gasteiger partial charge in [-0.25, -0.2) is 9.37 Å². The largest absolute Gasteiger partial charge is 0.377 e. The summed E-state index contributed by atoms with van der Waals surface area (Å²) in [7, 11) is 0. The van der Waals surface area contributed by atoms with Gasteiger partial charge in [0.2, 0.25) is 5.91 Å². The highest BCUT2D eigenvalue weighted by atomic mass is 32.1. The summed E-state index contributed by atoms with van der Waals surface area (Å²) in [5.41, 5.74) is 1.70. The summed E-state index contributed by atoms with van der Waals surface area (Å²) < 4.78 is 18.5. The molecule has 116 valence electrons. The van der Waals surface area contributed by atoms with Gasteiger partial charge in [-0.05, 0) is 24.6 Å². The SMILES string of the molecule is Cc1nc(C2COCCN2C(=O)Cc2ccc(F)cc2)cs1. The lowest BCUT2D eigenvalue weighted by molar-refractivity contribution is -0.139. The van der Waals surface area contributed by atoms with E-state index in [1.54, 1.807) is 23.5 Å². The first-order chi connectivity index (χ1) is 10.6. The zero-order valence-corrected chi connectivity index (χ0v) is 13.1. The average molecular weight is 320 g/mol. The zero-order valence-electron chi connectivity index (χ0n) is 12.3. The number of morpholine rings is 1. The van der Waals surface area contributed by atoms with E-state index in [1.807, 2.05) is 17.2 Å². The number of ether oxygens (including phenoxy) is 1. The number of carbonyl (C=O) groups excluding carboxylic acids is 1. The van der Waals surface area contributed by atoms with Crippen molar-refractivity contribution in [3.8, 4) is 0 Å². The molecule has 0 aliphatic carbocycles. The molecule has 22 heavy (non-hydrogen) atoms. The fourth-order valence-corrected chi connectivity index (χ4v) is 3.22. The Hall–Kier alpha value is -1.79. The van der Waals surface area contributed by atoms with E-state index in [0.29, 0.717) is 19.8 Å². The van der Waals surface area contributed by atoms with Crippen molar-refractivity contribution in [3.05, 3.63) is 51.7 Å². The standard InChI is InChI=1S/C16H17FN2O2S/c1-11-18-14(10-22-11)15-9-21-7-6-19(15)16(20)8-12-2-4-13(17)5-3-12/h2-5,10,15H,6-9H2,1H3. The summed E-state index contributed by atoms with van der Waals surface area (Å²) in [5.74, 6) is -0.274. The van der Waals surface area contributed by atoms with Gasteiger partial charge in [0.1, 0.15) is 5.82 Å². The van der Waals surface area contributed by atoms with Crippen LogP contribution in [-0.4, -0.2) is 35.5 Å². The molecule has 2 heterocycles. The van der Waals surface area contributed by atoms with Crippen LogP contribution < -0.4 is 0 Å². The van der Waals surface area contributed by atoms with Crippen molar-refractivity contribution in [1.29, 1.82) is 0 Å². The number of nitrogens with zero attached hydrogens (tertiary/aromatic N) is 2. The number of thiazole rings is 1. The third kappa shape index (κ3) is 3.34. The van der Waals surface area contributed by atoms with Gasteiger partial charge in [-0.3, -0.25) is 4.79 Å². The van der Waals surface area contributed by atoms with Crippen LogP contribution in [0.15, 0.2) is 29.6 Å². The summed E-state index contributed by atoms with van der Waals surface area (Å²) in [6.45, 7) is 3.51. The molecule has 0 saturated carbocycles. The molecular formula is C16H17FN2O2S. The highest BCUT2D eigenvalue weighted by Crippen LogP contribution is 2.26. The lowest BCUT2D eigenvalue weighted by Crippen LogP contribution is -2.44. The first-order valence-corrected chi connectivity index (χ1v) is 8.05. The summed E-state index contributed by atoms with van der Waals surface area (Å²) >= 11 is 1.57. The molecule has 1 amide bonds. The molecule has 3 rings (SSSR count). The van der Waals surface area contributed by atoms with Crippen LogP contribution in [0.4, 0.5) is 4.39 Å². The van der Waals surface area contributed by atoms with Crippen molar-refractivity contribution in [2.45, 2.75) is 19.4 Å². The Morgan fingerprint density at radius 2 is 2.23 bits per heavy atom. The molecule has 1 fully saturated rings. The van der Waals surface area contributed by atoms with Gasteiger partial charge < -0.3 is 9.64 Å². The van der Waals surface area contributed by atoms with Crippen LogP contribution in [0.3, 0.4) is 0 Å². The average Bonchev–Trinajstić information content (AvgIpc) is 2.96. The topological polar surface area (TPSA) is 42.4 Å². The lowest BCUT2D eigenvalue weighted by atomic mass is 10.1. The molecule has 1 saturated heterocycles. The van der Waals surface area contributed by atoms with Crippen molar-refractivity contribution < 1.29 is 13.9 Å². The van der Waals surface area contributed by atoms with Crippen molar-refractivity contribution >= 4 is 17.2 Å². The van der Waals surface area contributed by atoms with Crippen LogP contribution in [0.25, 0.3) is 0 Å². The molecule has 1 unspecified atom stereocenters. The normalized spacial score (nSPS) is 18.5. The highest BCUT2D eigenvalue weighted by molar-refractivity contribution is 7.09. The van der Waals surface area contributed by atoms with Crippen LogP contribution in [0.5, 0.6) is 0 Å². The first kappa shape index (κ1) is 15.1. The van der Waals surface area contributed by atoms with E-state index in [0.717, 1.165) is 16.3 Å². The number of benzene rings is 1. The minimum Gasteiger partial charge on any atom is -0.377 e. The zero-order chi connectivity index (χ0) is 15.5. The van der Waals surface area contributed by atoms with E-state index in [9.17, 15) is 9.18 Å². The summed E-state index contributed by atoms with van der Waals surface area (Å²) in [6.07, 6.45) is 0.264. The van der Waals surface area contributed by atoms with Gasteiger partial charge in [0.15, 0.2) is 0 Å². The van der Waals surface area contributed by atoms with E-state index >= 15 is 0 Å². The van der Waals surface area contributed by atoms with E-state index in [4.69, 9.17) is 4.74 Å². The van der Waals surface area contributed by atoms with Crippen LogP contribution >= 0.6 is 11.3 Å². The number of aryl methyl sites for hydroxylation is 1. The van der Waals surface area contributed by atoms with Crippen molar-refractivity contribution in [3.63, 3.8) is 0 Å². The maximum Gasteiger partial charge on any atom is 0.227 e. The number of aromatic nitrogens is 1. The predicted molar refractivity (Wildman–Crippen MR) is 82.2 cm³/mol. The van der Waals surface area contributed by atoms with Crippen molar-refractivity contribution in [1.82, 2.24) is 9.88 Å². The second-order valence-corrected chi connectivity index (χ2v) is 6.33. The molecule has 1 aromatic heterocycles. The fraction of sp³-hybridized carbons (Fsp3) is 0.375. The smallest absolute Gasteiger partial charge is 0.227 e. The molecular weight excluding hydrogens is 303 g/mol. The monoisotopic (exact) mass is 320 g/mol. The minimum absolute atomic E-state index is 0.0190. The Labute approximate surface area is 132 Å². The number of rotatable bonds is 3. The summed E-state index contributed by atoms with van der Waals surface area (Å²) in [4.78, 5) is 18.9. The van der Waals surface area contributed by atoms with Gasteiger partial charge in [0.25, 0.3) is 0 Å². The van der Waals surface area contributed by atoms with Crippen LogP contribution in [0.2, 0.25) is 0 Å². The van der Waals surface area contributed by atoms with Gasteiger partial charge in [-0.15, -0.1) is 11.3 Å². The molecule has 2 aromatic rings. The molecule has 4 nitrogen and oxygen atoms in total. The van der Waals surface area contributed by atoms with E-state index in [-0.39, 0.29) is 24.2 Å². The molecule has 1 aliphatic heterocycles. The molecule has 1 aromatic carbocycles. The number of halogens is 1. The highest BCUT2D eigenvalue weighted by Gasteiger charge is 2.30. The lowest BCUT2D eigenvalue weighted by Gasteiger charge is -2.34. The van der Waals surface area contributed by atoms with Gasteiger partial charge in [0.05, 0.1) is 36.4 Å². The second kappa shape index (κ2) is 6.54. The molecule has 0 radical (unpaired) electrons. The third-order valence-corrected chi connectivity index (χ3v) is 4.49.